The first-order chi connectivity index (χ1) is 6.08. The highest BCUT2D eigenvalue weighted by atomic mass is 31.2. The minimum absolute atomic E-state index is 0.0294. The number of rotatable bonds is 3. The number of phenolic OH excluding ortho intramolecular Hbond substituents is 1. The van der Waals surface area contributed by atoms with E-state index in [-0.39, 0.29) is 5.75 Å². The van der Waals surface area contributed by atoms with E-state index in [1.165, 1.54) is 12.7 Å². The molecule has 0 aromatic heterocycles. The van der Waals surface area contributed by atoms with Gasteiger partial charge in [0.25, 0.3) is 0 Å². The Kier molecular flexibility index (Phi) is 3.12. The molecule has 0 spiro atoms. The Hall–Kier alpha value is -0.790. The zero-order chi connectivity index (χ0) is 9.90. The Balaban J connectivity index is 3.07. The van der Waals surface area contributed by atoms with Crippen molar-refractivity contribution in [2.45, 2.75) is 6.92 Å². The van der Waals surface area contributed by atoms with Crippen LogP contribution in [0.4, 0.5) is 0 Å². The minimum atomic E-state index is -2.83. The van der Waals surface area contributed by atoms with Crippen LogP contribution in [0.5, 0.6) is 5.75 Å². The Bertz CT molecular complexity index is 335. The van der Waals surface area contributed by atoms with Crippen molar-refractivity contribution in [1.29, 1.82) is 0 Å². The van der Waals surface area contributed by atoms with E-state index in [1.807, 2.05) is 0 Å². The Labute approximate surface area is 77.8 Å². The SMILES string of the molecule is CCOP(C)(=O)c1ccccc1O. The lowest BCUT2D eigenvalue weighted by molar-refractivity contribution is 0.344. The van der Waals surface area contributed by atoms with Crippen LogP contribution in [0.15, 0.2) is 24.3 Å². The van der Waals surface area contributed by atoms with E-state index in [2.05, 4.69) is 0 Å². The molecular formula is C9H13O3P. The van der Waals surface area contributed by atoms with Crippen molar-refractivity contribution >= 4 is 12.7 Å². The molecule has 72 valence electrons. The van der Waals surface area contributed by atoms with Gasteiger partial charge >= 0.3 is 0 Å². The maximum atomic E-state index is 11.9. The molecule has 1 aromatic rings. The van der Waals surface area contributed by atoms with Gasteiger partial charge in [-0.15, -0.1) is 0 Å². The van der Waals surface area contributed by atoms with Crippen LogP contribution in [-0.4, -0.2) is 18.4 Å². The summed E-state index contributed by atoms with van der Waals surface area (Å²) >= 11 is 0. The van der Waals surface area contributed by atoms with E-state index < -0.39 is 7.37 Å². The molecule has 0 heterocycles. The normalized spacial score (nSPS) is 15.2. The van der Waals surface area contributed by atoms with E-state index in [0.29, 0.717) is 11.9 Å². The molecule has 0 radical (unpaired) electrons. The van der Waals surface area contributed by atoms with Gasteiger partial charge in [-0.2, -0.15) is 0 Å². The van der Waals surface area contributed by atoms with Crippen LogP contribution >= 0.6 is 7.37 Å². The van der Waals surface area contributed by atoms with Crippen molar-refractivity contribution in [2.75, 3.05) is 13.3 Å². The van der Waals surface area contributed by atoms with E-state index in [1.54, 1.807) is 25.1 Å². The largest absolute Gasteiger partial charge is 0.507 e. The third-order valence-electron chi connectivity index (χ3n) is 1.69. The molecule has 1 unspecified atom stereocenters. The van der Waals surface area contributed by atoms with Crippen LogP contribution in [0.1, 0.15) is 6.92 Å². The van der Waals surface area contributed by atoms with Crippen LogP contribution in [0.25, 0.3) is 0 Å². The van der Waals surface area contributed by atoms with Crippen molar-refractivity contribution in [1.82, 2.24) is 0 Å². The lowest BCUT2D eigenvalue weighted by Gasteiger charge is -2.13. The van der Waals surface area contributed by atoms with Gasteiger partial charge in [-0.1, -0.05) is 12.1 Å². The molecule has 1 rings (SSSR count). The lowest BCUT2D eigenvalue weighted by Crippen LogP contribution is -2.06. The van der Waals surface area contributed by atoms with Gasteiger partial charge in [-0.05, 0) is 19.1 Å². The fourth-order valence-corrected chi connectivity index (χ4v) is 2.60. The molecule has 4 heteroatoms. The maximum absolute atomic E-state index is 11.9. The molecular weight excluding hydrogens is 187 g/mol. The lowest BCUT2D eigenvalue weighted by atomic mass is 10.3. The number of hydrogen-bond donors (Lipinski definition) is 1. The molecule has 13 heavy (non-hydrogen) atoms. The monoisotopic (exact) mass is 200 g/mol. The average molecular weight is 200 g/mol. The van der Waals surface area contributed by atoms with E-state index in [4.69, 9.17) is 4.52 Å². The predicted octanol–water partition coefficient (Wildman–Crippen LogP) is 1.96. The summed E-state index contributed by atoms with van der Waals surface area (Å²) in [7, 11) is -2.83. The van der Waals surface area contributed by atoms with Gasteiger partial charge in [0, 0.05) is 6.66 Å². The van der Waals surface area contributed by atoms with Crippen LogP contribution < -0.4 is 5.30 Å². The topological polar surface area (TPSA) is 46.5 Å². The standard InChI is InChI=1S/C9H13O3P/c1-3-12-13(2,11)9-7-5-4-6-8(9)10/h4-7,10H,3H2,1-2H3. The zero-order valence-electron chi connectivity index (χ0n) is 7.73. The highest BCUT2D eigenvalue weighted by Crippen LogP contribution is 2.43. The highest BCUT2D eigenvalue weighted by Gasteiger charge is 2.21. The highest BCUT2D eigenvalue weighted by molar-refractivity contribution is 7.66. The van der Waals surface area contributed by atoms with Crippen LogP contribution in [0.3, 0.4) is 0 Å². The zero-order valence-corrected chi connectivity index (χ0v) is 8.62. The van der Waals surface area contributed by atoms with E-state index in [0.717, 1.165) is 0 Å². The summed E-state index contributed by atoms with van der Waals surface area (Å²) in [6.07, 6.45) is 0. The summed E-state index contributed by atoms with van der Waals surface area (Å²) in [5.41, 5.74) is 0. The Morgan fingerprint density at radius 2 is 2.08 bits per heavy atom. The van der Waals surface area contributed by atoms with Gasteiger partial charge in [0.05, 0.1) is 11.9 Å². The van der Waals surface area contributed by atoms with Crippen molar-refractivity contribution in [3.63, 3.8) is 0 Å². The van der Waals surface area contributed by atoms with Crippen LogP contribution in [0, 0.1) is 0 Å². The first-order valence-electron chi connectivity index (χ1n) is 4.08. The number of phenols is 1. The van der Waals surface area contributed by atoms with E-state index in [9.17, 15) is 9.67 Å². The van der Waals surface area contributed by atoms with Crippen molar-refractivity contribution < 1.29 is 14.2 Å². The Morgan fingerprint density at radius 3 is 2.62 bits per heavy atom. The second-order valence-corrected chi connectivity index (χ2v) is 5.18. The molecule has 1 aromatic carbocycles. The third kappa shape index (κ3) is 2.33. The average Bonchev–Trinajstić information content (AvgIpc) is 2.04. The molecule has 0 amide bonds. The fraction of sp³-hybridized carbons (Fsp3) is 0.333. The molecule has 0 saturated heterocycles. The van der Waals surface area contributed by atoms with Gasteiger partial charge in [0.2, 0.25) is 7.37 Å². The van der Waals surface area contributed by atoms with Gasteiger partial charge < -0.3 is 9.63 Å². The molecule has 3 nitrogen and oxygen atoms in total. The van der Waals surface area contributed by atoms with Gasteiger partial charge in [-0.25, -0.2) is 0 Å². The van der Waals surface area contributed by atoms with Crippen molar-refractivity contribution in [3.05, 3.63) is 24.3 Å². The minimum Gasteiger partial charge on any atom is -0.507 e. The number of para-hydroxylation sites is 1. The first-order valence-corrected chi connectivity index (χ1v) is 6.15. The predicted molar refractivity (Wildman–Crippen MR) is 52.9 cm³/mol. The second-order valence-electron chi connectivity index (χ2n) is 2.75. The van der Waals surface area contributed by atoms with Crippen LogP contribution in [0.2, 0.25) is 0 Å². The number of aromatic hydroxyl groups is 1. The maximum Gasteiger partial charge on any atom is 0.232 e. The van der Waals surface area contributed by atoms with Crippen molar-refractivity contribution in [3.8, 4) is 5.75 Å². The molecule has 0 bridgehead atoms. The smallest absolute Gasteiger partial charge is 0.232 e. The van der Waals surface area contributed by atoms with Crippen molar-refractivity contribution in [2.24, 2.45) is 0 Å². The summed E-state index contributed by atoms with van der Waals surface area (Å²) in [5, 5.41) is 9.81. The first kappa shape index (κ1) is 10.3. The van der Waals surface area contributed by atoms with Gasteiger partial charge in [0.15, 0.2) is 0 Å². The van der Waals surface area contributed by atoms with E-state index >= 15 is 0 Å². The molecule has 1 N–H and O–H groups in total. The Morgan fingerprint density at radius 1 is 1.46 bits per heavy atom. The third-order valence-corrected chi connectivity index (χ3v) is 3.70. The molecule has 0 aliphatic heterocycles. The molecule has 0 aliphatic carbocycles. The quantitative estimate of drug-likeness (QED) is 0.758. The molecule has 0 fully saturated rings. The summed E-state index contributed by atoms with van der Waals surface area (Å²) < 4.78 is 16.9. The molecule has 0 saturated carbocycles. The number of benzene rings is 1. The fourth-order valence-electron chi connectivity index (χ4n) is 1.12. The summed E-state index contributed by atoms with van der Waals surface area (Å²) in [4.78, 5) is 0. The van der Waals surface area contributed by atoms with Gasteiger partial charge in [0.1, 0.15) is 5.75 Å². The second kappa shape index (κ2) is 3.95. The summed E-state index contributed by atoms with van der Waals surface area (Å²) in [6.45, 7) is 3.66. The van der Waals surface area contributed by atoms with Crippen LogP contribution in [-0.2, 0) is 9.09 Å². The number of hydrogen-bond acceptors (Lipinski definition) is 3. The summed E-state index contributed by atoms with van der Waals surface area (Å²) in [5.74, 6) is 0.0294. The molecule has 0 aliphatic rings. The molecule has 1 atom stereocenters. The summed E-state index contributed by atoms with van der Waals surface area (Å²) in [6, 6.07) is 6.53. The van der Waals surface area contributed by atoms with Gasteiger partial charge in [-0.3, -0.25) is 4.57 Å².